The van der Waals surface area contributed by atoms with Crippen molar-refractivity contribution in [2.24, 2.45) is 5.73 Å². The third-order valence-corrected chi connectivity index (χ3v) is 1.41. The zero-order valence-electron chi connectivity index (χ0n) is 7.09. The van der Waals surface area contributed by atoms with Crippen molar-refractivity contribution >= 4 is 17.4 Å². The van der Waals surface area contributed by atoms with Crippen LogP contribution in [0.2, 0.25) is 0 Å². The molecule has 1 rings (SSSR count). The van der Waals surface area contributed by atoms with E-state index in [0.29, 0.717) is 0 Å². The third-order valence-electron chi connectivity index (χ3n) is 1.41. The zero-order valence-corrected chi connectivity index (χ0v) is 7.09. The molecule has 0 aliphatic heterocycles. The number of nitrogens with two attached hydrogens (primary N) is 2. The van der Waals surface area contributed by atoms with Crippen LogP contribution in [-0.2, 0) is 4.79 Å². The maximum absolute atomic E-state index is 11.1. The van der Waals surface area contributed by atoms with E-state index in [9.17, 15) is 14.4 Å². The van der Waals surface area contributed by atoms with E-state index in [-0.39, 0.29) is 18.1 Å². The lowest BCUT2D eigenvalue weighted by molar-refractivity contribution is -0.116. The normalized spacial score (nSPS) is 9.71. The van der Waals surface area contributed by atoms with Crippen molar-refractivity contribution in [3.8, 4) is 0 Å². The molecule has 0 aliphatic carbocycles. The Balaban J connectivity index is 3.03. The molecule has 8 nitrogen and oxygen atoms in total. The second kappa shape index (κ2) is 3.64. The van der Waals surface area contributed by atoms with Crippen molar-refractivity contribution in [3.05, 3.63) is 20.8 Å². The quantitative estimate of drug-likeness (QED) is 0.366. The number of aromatic nitrogens is 2. The second-order valence-corrected chi connectivity index (χ2v) is 2.52. The first-order valence-corrected chi connectivity index (χ1v) is 3.65. The number of aromatic amines is 2. The van der Waals surface area contributed by atoms with Crippen LogP contribution < -0.4 is 28.0 Å². The summed E-state index contributed by atoms with van der Waals surface area (Å²) in [6, 6.07) is 0. The molecule has 1 aromatic heterocycles. The molecule has 1 amide bonds. The van der Waals surface area contributed by atoms with Gasteiger partial charge in [-0.3, -0.25) is 19.6 Å². The highest BCUT2D eigenvalue weighted by Gasteiger charge is 2.06. The maximum Gasteiger partial charge on any atom is 0.327 e. The van der Waals surface area contributed by atoms with Crippen LogP contribution in [0.1, 0.15) is 0 Å². The lowest BCUT2D eigenvalue weighted by atomic mass is 10.4. The lowest BCUT2D eigenvalue weighted by Gasteiger charge is -2.04. The first kappa shape index (κ1) is 9.84. The number of rotatable bonds is 3. The number of anilines is 2. The average Bonchev–Trinajstić information content (AvgIpc) is 2.01. The first-order chi connectivity index (χ1) is 6.50. The van der Waals surface area contributed by atoms with Gasteiger partial charge in [-0.15, -0.1) is 0 Å². The van der Waals surface area contributed by atoms with Gasteiger partial charge in [-0.1, -0.05) is 0 Å². The Labute approximate surface area is 77.3 Å². The SMILES string of the molecule is NC(=O)CNc1c(N)[nH]c(=O)[nH]c1=O. The topological polar surface area (TPSA) is 147 Å². The van der Waals surface area contributed by atoms with Crippen LogP contribution in [0.3, 0.4) is 0 Å². The number of carbonyl (C=O) groups excluding carboxylic acids is 1. The van der Waals surface area contributed by atoms with Gasteiger partial charge in [0.25, 0.3) is 5.56 Å². The molecule has 0 spiro atoms. The van der Waals surface area contributed by atoms with Gasteiger partial charge in [-0.2, -0.15) is 0 Å². The van der Waals surface area contributed by atoms with Crippen molar-refractivity contribution < 1.29 is 4.79 Å². The maximum atomic E-state index is 11.1. The van der Waals surface area contributed by atoms with Crippen LogP contribution in [0.5, 0.6) is 0 Å². The Kier molecular flexibility index (Phi) is 2.56. The molecule has 0 fully saturated rings. The van der Waals surface area contributed by atoms with Gasteiger partial charge in [0, 0.05) is 0 Å². The minimum Gasteiger partial charge on any atom is -0.383 e. The molecule has 0 saturated carbocycles. The van der Waals surface area contributed by atoms with E-state index in [1.54, 1.807) is 0 Å². The summed E-state index contributed by atoms with van der Waals surface area (Å²) in [5.74, 6) is -0.782. The van der Waals surface area contributed by atoms with Crippen LogP contribution in [-0.4, -0.2) is 22.4 Å². The molecule has 8 heteroatoms. The predicted octanol–water partition coefficient (Wildman–Crippen LogP) is -2.46. The number of amides is 1. The average molecular weight is 199 g/mol. The van der Waals surface area contributed by atoms with Gasteiger partial charge in [0.05, 0.1) is 6.54 Å². The van der Waals surface area contributed by atoms with Gasteiger partial charge in [0.15, 0.2) is 0 Å². The smallest absolute Gasteiger partial charge is 0.327 e. The fourth-order valence-corrected chi connectivity index (χ4v) is 0.855. The Morgan fingerprint density at radius 2 is 2.00 bits per heavy atom. The molecule has 0 atom stereocenters. The van der Waals surface area contributed by atoms with E-state index in [0.717, 1.165) is 0 Å². The molecule has 0 saturated heterocycles. The van der Waals surface area contributed by atoms with E-state index >= 15 is 0 Å². The summed E-state index contributed by atoms with van der Waals surface area (Å²) in [6.45, 7) is -0.237. The molecule has 7 N–H and O–H groups in total. The molecule has 0 radical (unpaired) electrons. The predicted molar refractivity (Wildman–Crippen MR) is 49.8 cm³/mol. The van der Waals surface area contributed by atoms with Gasteiger partial charge in [0.1, 0.15) is 11.5 Å². The summed E-state index contributed by atoms with van der Waals surface area (Å²) in [4.78, 5) is 36.3. The van der Waals surface area contributed by atoms with Crippen molar-refractivity contribution in [3.63, 3.8) is 0 Å². The first-order valence-electron chi connectivity index (χ1n) is 3.65. The number of hydrogen-bond donors (Lipinski definition) is 5. The molecule has 14 heavy (non-hydrogen) atoms. The Morgan fingerprint density at radius 1 is 1.36 bits per heavy atom. The van der Waals surface area contributed by atoms with Gasteiger partial charge < -0.3 is 16.8 Å². The fourth-order valence-electron chi connectivity index (χ4n) is 0.855. The number of nitrogens with one attached hydrogen (secondary N) is 3. The molecule has 76 valence electrons. The molecule has 1 heterocycles. The van der Waals surface area contributed by atoms with Crippen LogP contribution in [0.25, 0.3) is 0 Å². The Morgan fingerprint density at radius 3 is 2.50 bits per heavy atom. The molecular formula is C6H9N5O3. The lowest BCUT2D eigenvalue weighted by Crippen LogP contribution is -2.30. The summed E-state index contributed by atoms with van der Waals surface area (Å²) < 4.78 is 0. The van der Waals surface area contributed by atoms with E-state index in [1.807, 2.05) is 4.98 Å². The molecule has 0 aliphatic rings. The highest BCUT2D eigenvalue weighted by atomic mass is 16.2. The van der Waals surface area contributed by atoms with E-state index in [4.69, 9.17) is 11.5 Å². The van der Waals surface area contributed by atoms with Gasteiger partial charge in [0.2, 0.25) is 5.91 Å². The number of H-pyrrole nitrogens is 2. The summed E-state index contributed by atoms with van der Waals surface area (Å²) in [6.07, 6.45) is 0. The molecular weight excluding hydrogens is 190 g/mol. The van der Waals surface area contributed by atoms with E-state index < -0.39 is 17.2 Å². The van der Waals surface area contributed by atoms with Crippen molar-refractivity contribution in [2.75, 3.05) is 17.6 Å². The monoisotopic (exact) mass is 199 g/mol. The minimum atomic E-state index is -0.711. The van der Waals surface area contributed by atoms with Gasteiger partial charge >= 0.3 is 5.69 Å². The summed E-state index contributed by atoms with van der Waals surface area (Å²) in [7, 11) is 0. The second-order valence-electron chi connectivity index (χ2n) is 2.52. The number of carbonyl (C=O) groups is 1. The molecule has 1 aromatic rings. The Hall–Kier alpha value is -2.25. The van der Waals surface area contributed by atoms with Crippen LogP contribution in [0.15, 0.2) is 9.59 Å². The van der Waals surface area contributed by atoms with Crippen LogP contribution in [0, 0.1) is 0 Å². The number of primary amides is 1. The van der Waals surface area contributed by atoms with E-state index in [1.165, 1.54) is 0 Å². The zero-order chi connectivity index (χ0) is 10.7. The molecule has 0 aromatic carbocycles. The summed E-state index contributed by atoms with van der Waals surface area (Å²) in [5, 5.41) is 2.39. The van der Waals surface area contributed by atoms with E-state index in [2.05, 4.69) is 10.3 Å². The minimum absolute atomic E-state index is 0.0802. The highest BCUT2D eigenvalue weighted by Crippen LogP contribution is 2.03. The fraction of sp³-hybridized carbons (Fsp3) is 0.167. The van der Waals surface area contributed by atoms with Gasteiger partial charge in [-0.25, -0.2) is 4.79 Å². The Bertz CT molecular complexity index is 459. The molecule has 0 unspecified atom stereocenters. The third kappa shape index (κ3) is 2.12. The summed E-state index contributed by atoms with van der Waals surface area (Å²) in [5.41, 5.74) is 8.67. The molecule has 0 bridgehead atoms. The standard InChI is InChI=1S/C6H9N5O3/c7-2(12)1-9-3-4(8)10-6(14)11-5(3)13/h9H,1H2,(H2,7,12)(H4,8,10,11,13,14). The number of hydrogen-bond acceptors (Lipinski definition) is 5. The summed E-state index contributed by atoms with van der Waals surface area (Å²) >= 11 is 0. The van der Waals surface area contributed by atoms with Crippen LogP contribution >= 0.6 is 0 Å². The number of nitrogen functional groups attached to an aromatic ring is 1. The van der Waals surface area contributed by atoms with Crippen molar-refractivity contribution in [1.29, 1.82) is 0 Å². The van der Waals surface area contributed by atoms with Crippen LogP contribution in [0.4, 0.5) is 11.5 Å². The van der Waals surface area contributed by atoms with Gasteiger partial charge in [-0.05, 0) is 0 Å². The highest BCUT2D eigenvalue weighted by molar-refractivity contribution is 5.79. The van der Waals surface area contributed by atoms with Crippen molar-refractivity contribution in [2.45, 2.75) is 0 Å². The van der Waals surface area contributed by atoms with Crippen molar-refractivity contribution in [1.82, 2.24) is 9.97 Å². The largest absolute Gasteiger partial charge is 0.383 e.